The standard InChI is InChI=1S/C18H32O/c1-2-3-4-5-6-7-8-9-10-11-12-13-14-15-16-17-18-19/h7-10,18H,2-6,11-17H2,1H3. The van der Waals surface area contributed by atoms with Crippen molar-refractivity contribution in [2.45, 2.75) is 84.0 Å². The highest BCUT2D eigenvalue weighted by molar-refractivity contribution is 5.48. The van der Waals surface area contributed by atoms with Gasteiger partial charge in [-0.3, -0.25) is 0 Å². The SMILES string of the molecule is CCCCCCC=CC=CCCCCCCCC=O. The predicted octanol–water partition coefficient (Wildman–Crippen LogP) is 6.00. The number of hydrogen-bond donors (Lipinski definition) is 0. The van der Waals surface area contributed by atoms with E-state index in [4.69, 9.17) is 0 Å². The first-order valence-electron chi connectivity index (χ1n) is 8.17. The molecule has 0 aromatic carbocycles. The van der Waals surface area contributed by atoms with Crippen molar-refractivity contribution in [3.05, 3.63) is 24.3 Å². The highest BCUT2D eigenvalue weighted by atomic mass is 16.1. The lowest BCUT2D eigenvalue weighted by Crippen LogP contribution is -1.80. The van der Waals surface area contributed by atoms with E-state index in [0.717, 1.165) is 19.1 Å². The Kier molecular flexibility index (Phi) is 16.4. The molecule has 0 heterocycles. The number of hydrogen-bond acceptors (Lipinski definition) is 1. The minimum atomic E-state index is 0.739. The normalized spacial score (nSPS) is 11.6. The zero-order chi connectivity index (χ0) is 14.0. The number of carbonyl (C=O) groups excluding carboxylic acids is 1. The quantitative estimate of drug-likeness (QED) is 0.214. The first-order chi connectivity index (χ1) is 9.41. The van der Waals surface area contributed by atoms with Crippen molar-refractivity contribution in [3.8, 4) is 0 Å². The van der Waals surface area contributed by atoms with Gasteiger partial charge >= 0.3 is 0 Å². The maximum Gasteiger partial charge on any atom is 0.119 e. The van der Waals surface area contributed by atoms with Crippen LogP contribution in [0, 0.1) is 0 Å². The van der Waals surface area contributed by atoms with Crippen LogP contribution in [0.15, 0.2) is 24.3 Å². The molecule has 1 nitrogen and oxygen atoms in total. The summed E-state index contributed by atoms with van der Waals surface area (Å²) in [7, 11) is 0. The van der Waals surface area contributed by atoms with Gasteiger partial charge in [-0.15, -0.1) is 0 Å². The molecule has 0 rings (SSSR count). The van der Waals surface area contributed by atoms with Crippen molar-refractivity contribution in [1.82, 2.24) is 0 Å². The molecule has 0 atom stereocenters. The van der Waals surface area contributed by atoms with Gasteiger partial charge in [0.25, 0.3) is 0 Å². The zero-order valence-corrected chi connectivity index (χ0v) is 12.8. The third kappa shape index (κ3) is 17.1. The molecule has 0 aliphatic rings. The van der Waals surface area contributed by atoms with Crippen LogP contribution < -0.4 is 0 Å². The summed E-state index contributed by atoms with van der Waals surface area (Å²) in [4.78, 5) is 10.1. The third-order valence-electron chi connectivity index (χ3n) is 3.30. The average Bonchev–Trinajstić information content (AvgIpc) is 2.43. The fourth-order valence-electron chi connectivity index (χ4n) is 2.06. The highest BCUT2D eigenvalue weighted by Crippen LogP contribution is 2.07. The van der Waals surface area contributed by atoms with Gasteiger partial charge in [-0.25, -0.2) is 0 Å². The van der Waals surface area contributed by atoms with E-state index in [2.05, 4.69) is 31.2 Å². The van der Waals surface area contributed by atoms with Gasteiger partial charge in [0.1, 0.15) is 6.29 Å². The molecule has 0 saturated carbocycles. The molecule has 0 N–H and O–H groups in total. The van der Waals surface area contributed by atoms with E-state index in [-0.39, 0.29) is 0 Å². The molecule has 0 bridgehead atoms. The fourth-order valence-corrected chi connectivity index (χ4v) is 2.06. The van der Waals surface area contributed by atoms with E-state index >= 15 is 0 Å². The largest absolute Gasteiger partial charge is 0.303 e. The van der Waals surface area contributed by atoms with Crippen LogP contribution in [0.1, 0.15) is 84.0 Å². The first kappa shape index (κ1) is 18.1. The van der Waals surface area contributed by atoms with E-state index in [1.807, 2.05) is 0 Å². The minimum Gasteiger partial charge on any atom is -0.303 e. The van der Waals surface area contributed by atoms with Crippen molar-refractivity contribution < 1.29 is 4.79 Å². The van der Waals surface area contributed by atoms with Crippen LogP contribution in [0.5, 0.6) is 0 Å². The molecule has 0 aromatic heterocycles. The molecule has 0 amide bonds. The van der Waals surface area contributed by atoms with Gasteiger partial charge in [-0.1, -0.05) is 69.8 Å². The van der Waals surface area contributed by atoms with Crippen LogP contribution in [0.4, 0.5) is 0 Å². The summed E-state index contributed by atoms with van der Waals surface area (Å²) in [5.74, 6) is 0. The van der Waals surface area contributed by atoms with E-state index in [9.17, 15) is 4.79 Å². The first-order valence-corrected chi connectivity index (χ1v) is 8.17. The number of carbonyl (C=O) groups is 1. The molecule has 0 fully saturated rings. The Labute approximate surface area is 120 Å². The number of rotatable bonds is 14. The highest BCUT2D eigenvalue weighted by Gasteiger charge is 1.89. The Hall–Kier alpha value is -0.850. The summed E-state index contributed by atoms with van der Waals surface area (Å²) >= 11 is 0. The molecule has 1 heteroatoms. The summed E-state index contributed by atoms with van der Waals surface area (Å²) in [5.41, 5.74) is 0. The second kappa shape index (κ2) is 17.2. The van der Waals surface area contributed by atoms with E-state index in [1.165, 1.54) is 64.2 Å². The lowest BCUT2D eigenvalue weighted by molar-refractivity contribution is -0.107. The fraction of sp³-hybridized carbons (Fsp3) is 0.722. The average molecular weight is 264 g/mol. The van der Waals surface area contributed by atoms with E-state index in [1.54, 1.807) is 0 Å². The van der Waals surface area contributed by atoms with Crippen molar-refractivity contribution in [1.29, 1.82) is 0 Å². The van der Waals surface area contributed by atoms with Gasteiger partial charge in [0.05, 0.1) is 0 Å². The Bertz CT molecular complexity index is 228. The Morgan fingerprint density at radius 3 is 1.63 bits per heavy atom. The van der Waals surface area contributed by atoms with Crippen molar-refractivity contribution in [2.24, 2.45) is 0 Å². The molecule has 19 heavy (non-hydrogen) atoms. The molecule has 0 aliphatic heterocycles. The molecule has 0 aromatic rings. The maximum atomic E-state index is 10.1. The summed E-state index contributed by atoms with van der Waals surface area (Å²) < 4.78 is 0. The van der Waals surface area contributed by atoms with Crippen LogP contribution in [0.2, 0.25) is 0 Å². The van der Waals surface area contributed by atoms with Gasteiger partial charge in [0.15, 0.2) is 0 Å². The Morgan fingerprint density at radius 2 is 1.11 bits per heavy atom. The summed E-state index contributed by atoms with van der Waals surface area (Å²) in [6, 6.07) is 0. The van der Waals surface area contributed by atoms with Crippen molar-refractivity contribution in [2.75, 3.05) is 0 Å². The molecular weight excluding hydrogens is 232 g/mol. The molecule has 110 valence electrons. The van der Waals surface area contributed by atoms with Crippen molar-refractivity contribution in [3.63, 3.8) is 0 Å². The second-order valence-corrected chi connectivity index (χ2v) is 5.22. The topological polar surface area (TPSA) is 17.1 Å². The smallest absolute Gasteiger partial charge is 0.119 e. The van der Waals surface area contributed by atoms with Gasteiger partial charge < -0.3 is 4.79 Å². The number of allylic oxidation sites excluding steroid dienone is 4. The summed E-state index contributed by atoms with van der Waals surface area (Å²) in [6.45, 7) is 2.25. The van der Waals surface area contributed by atoms with E-state index < -0.39 is 0 Å². The molecule has 0 saturated heterocycles. The molecular formula is C18H32O. The Balaban J connectivity index is 3.16. The zero-order valence-electron chi connectivity index (χ0n) is 12.8. The van der Waals surface area contributed by atoms with Crippen LogP contribution in [0.25, 0.3) is 0 Å². The molecule has 0 aliphatic carbocycles. The summed E-state index contributed by atoms with van der Waals surface area (Å²) in [5, 5.41) is 0. The van der Waals surface area contributed by atoms with Gasteiger partial charge in [-0.2, -0.15) is 0 Å². The van der Waals surface area contributed by atoms with Gasteiger partial charge in [-0.05, 0) is 32.1 Å². The van der Waals surface area contributed by atoms with Crippen LogP contribution in [-0.4, -0.2) is 6.29 Å². The predicted molar refractivity (Wildman–Crippen MR) is 85.4 cm³/mol. The molecule has 0 unspecified atom stereocenters. The second-order valence-electron chi connectivity index (χ2n) is 5.22. The Morgan fingerprint density at radius 1 is 0.632 bits per heavy atom. The minimum absolute atomic E-state index is 0.739. The van der Waals surface area contributed by atoms with E-state index in [0.29, 0.717) is 0 Å². The van der Waals surface area contributed by atoms with Crippen LogP contribution in [0.3, 0.4) is 0 Å². The molecule has 0 spiro atoms. The van der Waals surface area contributed by atoms with Crippen LogP contribution in [-0.2, 0) is 4.79 Å². The van der Waals surface area contributed by atoms with Gasteiger partial charge in [0.2, 0.25) is 0 Å². The summed E-state index contributed by atoms with van der Waals surface area (Å²) in [6.07, 6.45) is 24.6. The lowest BCUT2D eigenvalue weighted by atomic mass is 10.1. The number of unbranched alkanes of at least 4 members (excludes halogenated alkanes) is 10. The van der Waals surface area contributed by atoms with Crippen molar-refractivity contribution >= 4 is 6.29 Å². The van der Waals surface area contributed by atoms with Gasteiger partial charge in [0, 0.05) is 6.42 Å². The number of aldehydes is 1. The maximum absolute atomic E-state index is 10.1. The monoisotopic (exact) mass is 264 g/mol. The third-order valence-corrected chi connectivity index (χ3v) is 3.30. The molecule has 0 radical (unpaired) electrons. The lowest BCUT2D eigenvalue weighted by Gasteiger charge is -1.97. The van der Waals surface area contributed by atoms with Crippen LogP contribution >= 0.6 is 0 Å².